The molecular formula is C17H22FNOS. The lowest BCUT2D eigenvalue weighted by atomic mass is 10.1. The Morgan fingerprint density at radius 2 is 2.24 bits per heavy atom. The molecule has 1 heterocycles. The molecule has 0 amide bonds. The second kappa shape index (κ2) is 6.86. The number of hydrogen-bond donors (Lipinski definition) is 1. The number of benzene rings is 1. The van der Waals surface area contributed by atoms with Crippen molar-refractivity contribution >= 4 is 21.4 Å². The van der Waals surface area contributed by atoms with Crippen molar-refractivity contribution in [2.45, 2.75) is 39.3 Å². The van der Waals surface area contributed by atoms with E-state index in [9.17, 15) is 4.39 Å². The van der Waals surface area contributed by atoms with Crippen LogP contribution in [-0.4, -0.2) is 13.2 Å². The van der Waals surface area contributed by atoms with E-state index in [-0.39, 0.29) is 5.82 Å². The highest BCUT2D eigenvalue weighted by molar-refractivity contribution is 7.19. The zero-order chi connectivity index (χ0) is 14.7. The summed E-state index contributed by atoms with van der Waals surface area (Å²) in [6.45, 7) is 5.28. The summed E-state index contributed by atoms with van der Waals surface area (Å²) in [6.07, 6.45) is 3.67. The van der Waals surface area contributed by atoms with Crippen LogP contribution in [0.3, 0.4) is 0 Å². The molecule has 2 nitrogen and oxygen atoms in total. The Labute approximate surface area is 129 Å². The molecule has 0 saturated heterocycles. The fourth-order valence-electron chi connectivity index (χ4n) is 2.50. The normalized spacial score (nSPS) is 15.0. The average molecular weight is 307 g/mol. The summed E-state index contributed by atoms with van der Waals surface area (Å²) in [6, 6.07) is 5.33. The third kappa shape index (κ3) is 3.62. The fraction of sp³-hybridized carbons (Fsp3) is 0.529. The Bertz CT molecular complexity index is 606. The predicted octanol–water partition coefficient (Wildman–Crippen LogP) is 4.47. The summed E-state index contributed by atoms with van der Waals surface area (Å²) in [5.41, 5.74) is 1.04. The maximum Gasteiger partial charge on any atom is 0.132 e. The van der Waals surface area contributed by atoms with Gasteiger partial charge in [0, 0.05) is 33.7 Å². The van der Waals surface area contributed by atoms with Crippen molar-refractivity contribution in [3.63, 3.8) is 0 Å². The molecule has 114 valence electrons. The summed E-state index contributed by atoms with van der Waals surface area (Å²) in [4.78, 5) is 1.21. The van der Waals surface area contributed by atoms with Gasteiger partial charge in [0.05, 0.1) is 6.61 Å². The van der Waals surface area contributed by atoms with Gasteiger partial charge in [-0.05, 0) is 43.9 Å². The van der Waals surface area contributed by atoms with E-state index in [0.29, 0.717) is 6.61 Å². The van der Waals surface area contributed by atoms with E-state index in [4.69, 9.17) is 4.74 Å². The van der Waals surface area contributed by atoms with Gasteiger partial charge in [-0.15, -0.1) is 11.3 Å². The van der Waals surface area contributed by atoms with Crippen molar-refractivity contribution in [2.75, 3.05) is 13.2 Å². The molecule has 1 N–H and O–H groups in total. The molecule has 1 aliphatic rings. The molecule has 1 aromatic carbocycles. The van der Waals surface area contributed by atoms with Crippen LogP contribution in [0.15, 0.2) is 18.2 Å². The predicted molar refractivity (Wildman–Crippen MR) is 86.2 cm³/mol. The molecule has 0 bridgehead atoms. The van der Waals surface area contributed by atoms with Crippen molar-refractivity contribution in [3.05, 3.63) is 34.5 Å². The topological polar surface area (TPSA) is 21.3 Å². The number of ether oxygens (including phenoxy) is 1. The maximum absolute atomic E-state index is 14.2. The highest BCUT2D eigenvalue weighted by Crippen LogP contribution is 2.35. The Morgan fingerprint density at radius 1 is 1.38 bits per heavy atom. The lowest BCUT2D eigenvalue weighted by Crippen LogP contribution is -2.14. The number of thiophene rings is 1. The van der Waals surface area contributed by atoms with Gasteiger partial charge in [0.15, 0.2) is 0 Å². The standard InChI is InChI=1S/C17H22FNOS/c1-2-8-19-9-16-13(11-20-10-12-6-7-12)17-14(18)4-3-5-15(17)21-16/h3-5,12,19H,2,6-11H2,1H3. The van der Waals surface area contributed by atoms with E-state index in [1.54, 1.807) is 23.5 Å². The SMILES string of the molecule is CCCNCc1sc2cccc(F)c2c1COCC1CC1. The molecule has 0 spiro atoms. The lowest BCUT2D eigenvalue weighted by Gasteiger charge is -2.07. The minimum absolute atomic E-state index is 0.129. The Hall–Kier alpha value is -0.970. The van der Waals surface area contributed by atoms with Crippen LogP contribution < -0.4 is 5.32 Å². The smallest absolute Gasteiger partial charge is 0.132 e. The quantitative estimate of drug-likeness (QED) is 0.727. The summed E-state index contributed by atoms with van der Waals surface area (Å²) in [7, 11) is 0. The van der Waals surface area contributed by atoms with Gasteiger partial charge in [0.25, 0.3) is 0 Å². The molecule has 1 aliphatic carbocycles. The van der Waals surface area contributed by atoms with Gasteiger partial charge in [-0.25, -0.2) is 4.39 Å². The molecule has 0 aliphatic heterocycles. The van der Waals surface area contributed by atoms with E-state index >= 15 is 0 Å². The molecule has 4 heteroatoms. The van der Waals surface area contributed by atoms with E-state index in [1.807, 2.05) is 6.07 Å². The van der Waals surface area contributed by atoms with Gasteiger partial charge in [0.2, 0.25) is 0 Å². The van der Waals surface area contributed by atoms with Crippen molar-refractivity contribution in [1.82, 2.24) is 5.32 Å². The minimum Gasteiger partial charge on any atom is -0.376 e. The molecule has 0 atom stereocenters. The highest BCUT2D eigenvalue weighted by Gasteiger charge is 2.22. The van der Waals surface area contributed by atoms with Crippen molar-refractivity contribution in [1.29, 1.82) is 0 Å². The average Bonchev–Trinajstić information content (AvgIpc) is 3.22. The summed E-state index contributed by atoms with van der Waals surface area (Å²) >= 11 is 1.68. The van der Waals surface area contributed by atoms with Crippen LogP contribution >= 0.6 is 11.3 Å². The second-order valence-corrected chi connectivity index (χ2v) is 6.89. The van der Waals surface area contributed by atoms with Gasteiger partial charge in [-0.3, -0.25) is 0 Å². The molecular weight excluding hydrogens is 285 g/mol. The number of halogens is 1. The molecule has 2 aromatic rings. The summed E-state index contributed by atoms with van der Waals surface area (Å²) < 4.78 is 21.0. The van der Waals surface area contributed by atoms with Crippen molar-refractivity contribution in [2.24, 2.45) is 5.92 Å². The van der Waals surface area contributed by atoms with Gasteiger partial charge in [-0.1, -0.05) is 13.0 Å². The number of hydrogen-bond acceptors (Lipinski definition) is 3. The molecule has 0 unspecified atom stereocenters. The summed E-state index contributed by atoms with van der Waals surface area (Å²) in [5, 5.41) is 4.17. The first-order valence-corrected chi connectivity index (χ1v) is 8.58. The largest absolute Gasteiger partial charge is 0.376 e. The van der Waals surface area contributed by atoms with Crippen LogP contribution in [0.1, 0.15) is 36.6 Å². The van der Waals surface area contributed by atoms with Gasteiger partial charge in [0.1, 0.15) is 5.82 Å². The minimum atomic E-state index is -0.129. The first-order chi connectivity index (χ1) is 10.3. The lowest BCUT2D eigenvalue weighted by molar-refractivity contribution is 0.111. The van der Waals surface area contributed by atoms with E-state index < -0.39 is 0 Å². The van der Waals surface area contributed by atoms with Gasteiger partial charge < -0.3 is 10.1 Å². The fourth-order valence-corrected chi connectivity index (χ4v) is 3.70. The third-order valence-electron chi connectivity index (χ3n) is 3.86. The van der Waals surface area contributed by atoms with Gasteiger partial charge >= 0.3 is 0 Å². The van der Waals surface area contributed by atoms with E-state index in [0.717, 1.165) is 47.7 Å². The molecule has 1 saturated carbocycles. The summed E-state index contributed by atoms with van der Waals surface area (Å²) in [5.74, 6) is 0.608. The van der Waals surface area contributed by atoms with E-state index in [1.165, 1.54) is 17.7 Å². The maximum atomic E-state index is 14.2. The van der Waals surface area contributed by atoms with Crippen LogP contribution in [0, 0.1) is 11.7 Å². The molecule has 1 fully saturated rings. The first kappa shape index (κ1) is 14.9. The first-order valence-electron chi connectivity index (χ1n) is 7.76. The Balaban J connectivity index is 1.81. The monoisotopic (exact) mass is 307 g/mol. The Morgan fingerprint density at radius 3 is 3.00 bits per heavy atom. The zero-order valence-corrected chi connectivity index (χ0v) is 13.3. The van der Waals surface area contributed by atoms with Crippen LogP contribution in [0.4, 0.5) is 4.39 Å². The van der Waals surface area contributed by atoms with E-state index in [2.05, 4.69) is 12.2 Å². The third-order valence-corrected chi connectivity index (χ3v) is 5.05. The van der Waals surface area contributed by atoms with Crippen molar-refractivity contribution < 1.29 is 9.13 Å². The van der Waals surface area contributed by atoms with Gasteiger partial charge in [-0.2, -0.15) is 0 Å². The van der Waals surface area contributed by atoms with Crippen LogP contribution in [0.5, 0.6) is 0 Å². The van der Waals surface area contributed by atoms with Crippen LogP contribution in [-0.2, 0) is 17.9 Å². The second-order valence-electron chi connectivity index (χ2n) is 5.75. The molecule has 21 heavy (non-hydrogen) atoms. The molecule has 0 radical (unpaired) electrons. The number of fused-ring (bicyclic) bond motifs is 1. The van der Waals surface area contributed by atoms with Crippen LogP contribution in [0.2, 0.25) is 0 Å². The Kier molecular flexibility index (Phi) is 4.88. The zero-order valence-electron chi connectivity index (χ0n) is 12.5. The highest BCUT2D eigenvalue weighted by atomic mass is 32.1. The van der Waals surface area contributed by atoms with Crippen molar-refractivity contribution in [3.8, 4) is 0 Å². The number of nitrogens with one attached hydrogen (secondary N) is 1. The molecule has 1 aromatic heterocycles. The van der Waals surface area contributed by atoms with Crippen LogP contribution in [0.25, 0.3) is 10.1 Å². The number of rotatable bonds is 8. The molecule has 3 rings (SSSR count).